The molecule has 0 heterocycles. The first-order valence-electron chi connectivity index (χ1n) is 6.40. The monoisotopic (exact) mass is 336 g/mol. The number of aryl methyl sites for hydroxylation is 1. The molecule has 0 saturated heterocycles. The Morgan fingerprint density at radius 2 is 1.95 bits per heavy atom. The first kappa shape index (κ1) is 16.0. The van der Waals surface area contributed by atoms with Crippen LogP contribution in [0.25, 0.3) is 0 Å². The third-order valence-electron chi connectivity index (χ3n) is 3.82. The zero-order chi connectivity index (χ0) is 15.1. The number of rotatable bonds is 4. The SMILES string of the molecule is Cc1cc(Cl)c(C)c(S(=O)(=O)NCC2(N)CCC2)c1Cl. The number of hydrogen-bond acceptors (Lipinski definition) is 3. The second-order valence-corrected chi connectivity index (χ2v) is 7.97. The van der Waals surface area contributed by atoms with Crippen molar-refractivity contribution in [1.29, 1.82) is 0 Å². The molecule has 0 bridgehead atoms. The molecule has 0 amide bonds. The highest BCUT2D eigenvalue weighted by molar-refractivity contribution is 7.89. The standard InChI is InChI=1S/C13H18Cl2N2O2S/c1-8-6-10(14)9(2)12(11(8)15)20(18,19)17-7-13(16)4-3-5-13/h6,17H,3-5,7,16H2,1-2H3. The lowest BCUT2D eigenvalue weighted by molar-refractivity contribution is 0.251. The van der Waals surface area contributed by atoms with Crippen LogP contribution in [-0.2, 0) is 10.0 Å². The molecule has 4 nitrogen and oxygen atoms in total. The van der Waals surface area contributed by atoms with Crippen LogP contribution in [0.2, 0.25) is 10.0 Å². The Kier molecular flexibility index (Phi) is 4.38. The van der Waals surface area contributed by atoms with Crippen LogP contribution in [0.5, 0.6) is 0 Å². The summed E-state index contributed by atoms with van der Waals surface area (Å²) in [4.78, 5) is 0.0482. The van der Waals surface area contributed by atoms with E-state index in [0.29, 0.717) is 16.1 Å². The van der Waals surface area contributed by atoms with Crippen molar-refractivity contribution in [2.24, 2.45) is 5.73 Å². The lowest BCUT2D eigenvalue weighted by Crippen LogP contribution is -2.54. The third kappa shape index (κ3) is 2.97. The summed E-state index contributed by atoms with van der Waals surface area (Å²) in [6.45, 7) is 3.59. The molecular formula is C13H18Cl2N2O2S. The number of halogens is 2. The van der Waals surface area contributed by atoms with Gasteiger partial charge in [-0.1, -0.05) is 23.2 Å². The molecule has 0 atom stereocenters. The molecule has 1 aliphatic carbocycles. The van der Waals surface area contributed by atoms with E-state index in [2.05, 4.69) is 4.72 Å². The predicted molar refractivity (Wildman–Crippen MR) is 81.9 cm³/mol. The van der Waals surface area contributed by atoms with Gasteiger partial charge in [0.25, 0.3) is 0 Å². The van der Waals surface area contributed by atoms with Gasteiger partial charge in [-0.25, -0.2) is 13.1 Å². The van der Waals surface area contributed by atoms with Crippen LogP contribution < -0.4 is 10.5 Å². The number of sulfonamides is 1. The van der Waals surface area contributed by atoms with E-state index in [1.807, 2.05) is 0 Å². The average molecular weight is 337 g/mol. The van der Waals surface area contributed by atoms with Crippen LogP contribution in [-0.4, -0.2) is 20.5 Å². The van der Waals surface area contributed by atoms with Crippen LogP contribution in [0, 0.1) is 13.8 Å². The first-order valence-corrected chi connectivity index (χ1v) is 8.64. The molecule has 1 aromatic rings. The van der Waals surface area contributed by atoms with E-state index in [-0.39, 0.29) is 16.5 Å². The van der Waals surface area contributed by atoms with Crippen molar-refractivity contribution in [1.82, 2.24) is 4.72 Å². The largest absolute Gasteiger partial charge is 0.324 e. The van der Waals surface area contributed by atoms with Crippen LogP contribution in [0.15, 0.2) is 11.0 Å². The summed E-state index contributed by atoms with van der Waals surface area (Å²) in [5.74, 6) is 0. The minimum absolute atomic E-state index is 0.0482. The van der Waals surface area contributed by atoms with Gasteiger partial charge in [0.05, 0.1) is 5.02 Å². The van der Waals surface area contributed by atoms with Crippen molar-refractivity contribution in [3.63, 3.8) is 0 Å². The van der Waals surface area contributed by atoms with Gasteiger partial charge in [0.2, 0.25) is 10.0 Å². The molecule has 0 aromatic heterocycles. The highest BCUT2D eigenvalue weighted by atomic mass is 35.5. The maximum absolute atomic E-state index is 12.5. The summed E-state index contributed by atoms with van der Waals surface area (Å²) in [7, 11) is -3.72. The van der Waals surface area contributed by atoms with Crippen LogP contribution >= 0.6 is 23.2 Å². The van der Waals surface area contributed by atoms with E-state index in [9.17, 15) is 8.42 Å². The van der Waals surface area contributed by atoms with Gasteiger partial charge in [-0.2, -0.15) is 0 Å². The molecule has 3 N–H and O–H groups in total. The second kappa shape index (κ2) is 5.46. The van der Waals surface area contributed by atoms with Crippen molar-refractivity contribution >= 4 is 33.2 Å². The highest BCUT2D eigenvalue weighted by Gasteiger charge is 2.34. The van der Waals surface area contributed by atoms with E-state index < -0.39 is 15.6 Å². The number of nitrogens with two attached hydrogens (primary N) is 1. The molecule has 112 valence electrons. The Morgan fingerprint density at radius 3 is 2.45 bits per heavy atom. The maximum atomic E-state index is 12.5. The number of nitrogens with one attached hydrogen (secondary N) is 1. The smallest absolute Gasteiger partial charge is 0.242 e. The first-order chi connectivity index (χ1) is 9.16. The normalized spacial score (nSPS) is 17.9. The van der Waals surface area contributed by atoms with Crippen molar-refractivity contribution in [2.45, 2.75) is 43.5 Å². The third-order valence-corrected chi connectivity index (χ3v) is 6.38. The fourth-order valence-corrected chi connectivity index (χ4v) is 4.60. The minimum atomic E-state index is -3.72. The van der Waals surface area contributed by atoms with E-state index in [4.69, 9.17) is 28.9 Å². The maximum Gasteiger partial charge on any atom is 0.242 e. The number of hydrogen-bond donors (Lipinski definition) is 2. The summed E-state index contributed by atoms with van der Waals surface area (Å²) in [6.07, 6.45) is 2.70. The molecule has 1 aromatic carbocycles. The van der Waals surface area contributed by atoms with Crippen LogP contribution in [0.1, 0.15) is 30.4 Å². The van der Waals surface area contributed by atoms with Gasteiger partial charge in [-0.05, 0) is 50.3 Å². The molecule has 0 radical (unpaired) electrons. The van der Waals surface area contributed by atoms with E-state index >= 15 is 0 Å². The lowest BCUT2D eigenvalue weighted by atomic mass is 9.78. The van der Waals surface area contributed by atoms with E-state index in [1.165, 1.54) is 0 Å². The van der Waals surface area contributed by atoms with Crippen molar-refractivity contribution < 1.29 is 8.42 Å². The fourth-order valence-electron chi connectivity index (χ4n) is 2.25. The molecule has 1 fully saturated rings. The van der Waals surface area contributed by atoms with Gasteiger partial charge in [0.15, 0.2) is 0 Å². The van der Waals surface area contributed by atoms with E-state index in [1.54, 1.807) is 19.9 Å². The molecule has 0 unspecified atom stereocenters. The molecule has 7 heteroatoms. The summed E-state index contributed by atoms with van der Waals surface area (Å²) in [5, 5.41) is 0.595. The second-order valence-electron chi connectivity index (χ2n) is 5.48. The van der Waals surface area contributed by atoms with Gasteiger partial charge in [0, 0.05) is 17.1 Å². The zero-order valence-corrected chi connectivity index (χ0v) is 13.8. The van der Waals surface area contributed by atoms with Crippen LogP contribution in [0.3, 0.4) is 0 Å². The van der Waals surface area contributed by atoms with Gasteiger partial charge < -0.3 is 5.73 Å². The minimum Gasteiger partial charge on any atom is -0.324 e. The quantitative estimate of drug-likeness (QED) is 0.887. The highest BCUT2D eigenvalue weighted by Crippen LogP contribution is 2.34. The molecule has 1 saturated carbocycles. The lowest BCUT2D eigenvalue weighted by Gasteiger charge is -2.38. The molecule has 2 rings (SSSR count). The summed E-state index contributed by atoms with van der Waals surface area (Å²) >= 11 is 12.2. The van der Waals surface area contributed by atoms with E-state index in [0.717, 1.165) is 19.3 Å². The number of benzene rings is 1. The summed E-state index contributed by atoms with van der Waals surface area (Å²) in [6, 6.07) is 1.66. The van der Waals surface area contributed by atoms with Gasteiger partial charge >= 0.3 is 0 Å². The van der Waals surface area contributed by atoms with Gasteiger partial charge in [0.1, 0.15) is 4.90 Å². The Hall–Kier alpha value is -0.330. The molecule has 0 spiro atoms. The molecular weight excluding hydrogens is 319 g/mol. The molecule has 1 aliphatic rings. The summed E-state index contributed by atoms with van der Waals surface area (Å²) < 4.78 is 27.5. The fraction of sp³-hybridized carbons (Fsp3) is 0.538. The summed E-state index contributed by atoms with van der Waals surface area (Å²) in [5.41, 5.74) is 6.69. The molecule has 20 heavy (non-hydrogen) atoms. The van der Waals surface area contributed by atoms with Gasteiger partial charge in [-0.3, -0.25) is 0 Å². The van der Waals surface area contributed by atoms with Gasteiger partial charge in [-0.15, -0.1) is 0 Å². The Bertz CT molecular complexity index is 614. The van der Waals surface area contributed by atoms with Crippen molar-refractivity contribution in [2.75, 3.05) is 6.54 Å². The van der Waals surface area contributed by atoms with Crippen molar-refractivity contribution in [3.05, 3.63) is 27.2 Å². The predicted octanol–water partition coefficient (Wildman–Crippen LogP) is 2.77. The Morgan fingerprint density at radius 1 is 1.35 bits per heavy atom. The van der Waals surface area contributed by atoms with Crippen molar-refractivity contribution in [3.8, 4) is 0 Å². The average Bonchev–Trinajstić information content (AvgIpc) is 2.32. The molecule has 0 aliphatic heterocycles. The Labute approximate surface area is 129 Å². The Balaban J connectivity index is 2.34. The van der Waals surface area contributed by atoms with Crippen LogP contribution in [0.4, 0.5) is 0 Å². The topological polar surface area (TPSA) is 72.2 Å². The zero-order valence-electron chi connectivity index (χ0n) is 11.5.